The van der Waals surface area contributed by atoms with E-state index >= 15 is 0 Å². The maximum atomic E-state index is 13.1. The molecule has 186 valence electrons. The lowest BCUT2D eigenvalue weighted by atomic mass is 9.99. The number of fused-ring (bicyclic) bond motifs is 1. The average Bonchev–Trinajstić information content (AvgIpc) is 2.90. The summed E-state index contributed by atoms with van der Waals surface area (Å²) >= 11 is 0. The Hall–Kier alpha value is -4.46. The minimum Gasteiger partial charge on any atom is -0.466 e. The highest BCUT2D eigenvalue weighted by molar-refractivity contribution is 6.34. The molecular formula is C28H29N3O5. The van der Waals surface area contributed by atoms with E-state index in [1.165, 1.54) is 31.2 Å². The van der Waals surface area contributed by atoms with Crippen molar-refractivity contribution in [3.05, 3.63) is 95.6 Å². The maximum absolute atomic E-state index is 13.1. The van der Waals surface area contributed by atoms with E-state index in [0.717, 1.165) is 16.3 Å². The Morgan fingerprint density at radius 1 is 0.972 bits per heavy atom. The molecule has 1 atom stereocenters. The van der Waals surface area contributed by atoms with Crippen molar-refractivity contribution in [2.45, 2.75) is 19.5 Å². The van der Waals surface area contributed by atoms with Crippen LogP contribution in [-0.4, -0.2) is 49.3 Å². The Morgan fingerprint density at radius 3 is 2.44 bits per heavy atom. The number of nitrogens with one attached hydrogen (secondary N) is 2. The minimum atomic E-state index is -0.816. The molecular weight excluding hydrogens is 458 g/mol. The quantitative estimate of drug-likeness (QED) is 0.289. The Labute approximate surface area is 209 Å². The van der Waals surface area contributed by atoms with Crippen molar-refractivity contribution in [2.75, 3.05) is 20.7 Å². The van der Waals surface area contributed by atoms with Crippen LogP contribution in [0.5, 0.6) is 0 Å². The predicted molar refractivity (Wildman–Crippen MR) is 137 cm³/mol. The maximum Gasteiger partial charge on any atom is 0.330 e. The molecule has 3 rings (SSSR count). The summed E-state index contributed by atoms with van der Waals surface area (Å²) in [6, 6.07) is 20.6. The van der Waals surface area contributed by atoms with Crippen molar-refractivity contribution in [2.24, 2.45) is 0 Å². The summed E-state index contributed by atoms with van der Waals surface area (Å²) < 4.78 is 4.48. The first-order valence-corrected chi connectivity index (χ1v) is 11.5. The van der Waals surface area contributed by atoms with Crippen LogP contribution < -0.4 is 10.6 Å². The van der Waals surface area contributed by atoms with E-state index < -0.39 is 17.8 Å². The van der Waals surface area contributed by atoms with Gasteiger partial charge in [0.25, 0.3) is 5.91 Å². The molecule has 0 aromatic heterocycles. The van der Waals surface area contributed by atoms with Crippen molar-refractivity contribution in [1.29, 1.82) is 0 Å². The van der Waals surface area contributed by atoms with Crippen molar-refractivity contribution >= 4 is 34.5 Å². The molecule has 0 radical (unpaired) electrons. The number of hydrogen-bond donors (Lipinski definition) is 2. The van der Waals surface area contributed by atoms with Gasteiger partial charge in [0, 0.05) is 31.8 Å². The zero-order chi connectivity index (χ0) is 26.1. The lowest BCUT2D eigenvalue weighted by Crippen LogP contribution is -2.41. The van der Waals surface area contributed by atoms with E-state index in [-0.39, 0.29) is 25.0 Å². The van der Waals surface area contributed by atoms with Crippen LogP contribution in [0.25, 0.3) is 10.8 Å². The summed E-state index contributed by atoms with van der Waals surface area (Å²) in [7, 11) is 2.69. The number of methoxy groups -OCH3 is 1. The van der Waals surface area contributed by atoms with Gasteiger partial charge in [-0.1, -0.05) is 66.7 Å². The van der Waals surface area contributed by atoms with E-state index in [4.69, 9.17) is 0 Å². The van der Waals surface area contributed by atoms with Gasteiger partial charge < -0.3 is 20.3 Å². The minimum absolute atomic E-state index is 0.00263. The molecule has 3 aromatic carbocycles. The van der Waals surface area contributed by atoms with Crippen molar-refractivity contribution in [1.82, 2.24) is 15.5 Å². The third-order valence-electron chi connectivity index (χ3n) is 5.71. The standard InChI is InChI=1S/C28H29N3O5/c1-19(22-15-8-12-20-10-4-6-13-23(20)22)30-26(33)24-14-7-5-11-21(24)18-29-27(34)28(35)31(2)17-9-16-25(32)36-3/h4-16,19H,17-18H2,1-3H3,(H,29,34)(H,30,33)/b16-9+/t19-/m1/s1. The number of amides is 3. The number of hydrogen-bond acceptors (Lipinski definition) is 5. The molecule has 0 saturated carbocycles. The van der Waals surface area contributed by atoms with Gasteiger partial charge in [-0.05, 0) is 34.9 Å². The molecule has 0 spiro atoms. The zero-order valence-corrected chi connectivity index (χ0v) is 20.5. The Kier molecular flexibility index (Phi) is 8.94. The van der Waals surface area contributed by atoms with Crippen LogP contribution in [0.2, 0.25) is 0 Å². The fraction of sp³-hybridized carbons (Fsp3) is 0.214. The lowest BCUT2D eigenvalue weighted by molar-refractivity contribution is -0.144. The molecule has 8 heteroatoms. The van der Waals surface area contributed by atoms with Gasteiger partial charge in [-0.3, -0.25) is 14.4 Å². The predicted octanol–water partition coefficient (Wildman–Crippen LogP) is 3.13. The molecule has 0 aliphatic rings. The first-order valence-electron chi connectivity index (χ1n) is 11.5. The van der Waals surface area contributed by atoms with Crippen LogP contribution in [0.3, 0.4) is 0 Å². The summed E-state index contributed by atoms with van der Waals surface area (Å²) in [6.45, 7) is 1.99. The van der Waals surface area contributed by atoms with Crippen LogP contribution in [0, 0.1) is 0 Å². The second kappa shape index (κ2) is 12.3. The highest BCUT2D eigenvalue weighted by Crippen LogP contribution is 2.24. The molecule has 8 nitrogen and oxygen atoms in total. The first-order chi connectivity index (χ1) is 17.3. The van der Waals surface area contributed by atoms with Crippen LogP contribution in [-0.2, 0) is 25.7 Å². The Morgan fingerprint density at radius 2 is 1.67 bits per heavy atom. The lowest BCUT2D eigenvalue weighted by Gasteiger charge is -2.18. The number of benzene rings is 3. The first kappa shape index (κ1) is 26.2. The highest BCUT2D eigenvalue weighted by Gasteiger charge is 2.20. The molecule has 3 aromatic rings. The molecule has 0 fully saturated rings. The Bertz CT molecular complexity index is 1300. The number of rotatable bonds is 8. The zero-order valence-electron chi connectivity index (χ0n) is 20.5. The van der Waals surface area contributed by atoms with Gasteiger partial charge in [0.2, 0.25) is 0 Å². The van der Waals surface area contributed by atoms with Gasteiger partial charge in [-0.2, -0.15) is 0 Å². The van der Waals surface area contributed by atoms with Crippen molar-refractivity contribution < 1.29 is 23.9 Å². The number of nitrogens with zero attached hydrogens (tertiary/aromatic N) is 1. The summed E-state index contributed by atoms with van der Waals surface area (Å²) in [5.74, 6) is -2.42. The van der Waals surface area contributed by atoms with Gasteiger partial charge >= 0.3 is 17.8 Å². The fourth-order valence-electron chi connectivity index (χ4n) is 3.76. The SMILES string of the molecule is COC(=O)/C=C/CN(C)C(=O)C(=O)NCc1ccccc1C(=O)N[C@H](C)c1cccc2ccccc12. The van der Waals surface area contributed by atoms with E-state index in [1.54, 1.807) is 24.3 Å². The second-order valence-corrected chi connectivity index (χ2v) is 8.21. The molecule has 3 amide bonds. The summed E-state index contributed by atoms with van der Waals surface area (Å²) in [6.07, 6.45) is 2.60. The molecule has 0 bridgehead atoms. The largest absolute Gasteiger partial charge is 0.466 e. The van der Waals surface area contributed by atoms with Crippen LogP contribution in [0.4, 0.5) is 0 Å². The third kappa shape index (κ3) is 6.56. The van der Waals surface area contributed by atoms with E-state index in [2.05, 4.69) is 15.4 Å². The molecule has 2 N–H and O–H groups in total. The monoisotopic (exact) mass is 487 g/mol. The van der Waals surface area contributed by atoms with Gasteiger partial charge in [0.1, 0.15) is 0 Å². The van der Waals surface area contributed by atoms with Crippen LogP contribution in [0.1, 0.15) is 34.5 Å². The van der Waals surface area contributed by atoms with Crippen LogP contribution in [0.15, 0.2) is 78.9 Å². The summed E-state index contributed by atoms with van der Waals surface area (Å²) in [4.78, 5) is 50.1. The van der Waals surface area contributed by atoms with Crippen LogP contribution >= 0.6 is 0 Å². The molecule has 0 saturated heterocycles. The molecule has 36 heavy (non-hydrogen) atoms. The average molecular weight is 488 g/mol. The summed E-state index contributed by atoms with van der Waals surface area (Å²) in [5, 5.41) is 7.77. The van der Waals surface area contributed by atoms with Gasteiger partial charge in [-0.25, -0.2) is 4.79 Å². The number of likely N-dealkylation sites (N-methyl/N-ethyl adjacent to an activating group) is 1. The fourth-order valence-corrected chi connectivity index (χ4v) is 3.76. The van der Waals surface area contributed by atoms with Crippen molar-refractivity contribution in [3.8, 4) is 0 Å². The Balaban J connectivity index is 1.64. The van der Waals surface area contributed by atoms with E-state index in [1.807, 2.05) is 49.4 Å². The topological polar surface area (TPSA) is 105 Å². The molecule has 0 unspecified atom stereocenters. The van der Waals surface area contributed by atoms with E-state index in [0.29, 0.717) is 11.1 Å². The second-order valence-electron chi connectivity index (χ2n) is 8.21. The number of ether oxygens (including phenoxy) is 1. The van der Waals surface area contributed by atoms with E-state index in [9.17, 15) is 19.2 Å². The van der Waals surface area contributed by atoms with Gasteiger partial charge in [0.15, 0.2) is 0 Å². The van der Waals surface area contributed by atoms with Crippen molar-refractivity contribution in [3.63, 3.8) is 0 Å². The normalized spacial score (nSPS) is 11.6. The van der Waals surface area contributed by atoms with Gasteiger partial charge in [0.05, 0.1) is 13.2 Å². The number of carbonyl (C=O) groups is 4. The number of carbonyl (C=O) groups excluding carboxylic acids is 4. The third-order valence-corrected chi connectivity index (χ3v) is 5.71. The highest BCUT2D eigenvalue weighted by atomic mass is 16.5. The number of esters is 1. The molecule has 0 heterocycles. The smallest absolute Gasteiger partial charge is 0.330 e. The molecule has 0 aliphatic carbocycles. The molecule has 0 aliphatic heterocycles. The summed E-state index contributed by atoms with van der Waals surface area (Å²) in [5.41, 5.74) is 1.99. The van der Waals surface area contributed by atoms with Gasteiger partial charge in [-0.15, -0.1) is 0 Å².